The summed E-state index contributed by atoms with van der Waals surface area (Å²) < 4.78 is 8.95. The Morgan fingerprint density at radius 2 is 1.16 bits per heavy atom. The van der Waals surface area contributed by atoms with E-state index in [0.717, 1.165) is 12.2 Å². The van der Waals surface area contributed by atoms with Crippen molar-refractivity contribution in [3.8, 4) is 0 Å². The van der Waals surface area contributed by atoms with Gasteiger partial charge in [-0.15, -0.1) is 0 Å². The van der Waals surface area contributed by atoms with Crippen LogP contribution in [0.2, 0.25) is 0 Å². The van der Waals surface area contributed by atoms with E-state index in [1.165, 1.54) is 13.8 Å². The minimum Gasteiger partial charge on any atom is -0.512 e. The van der Waals surface area contributed by atoms with Crippen molar-refractivity contribution in [2.45, 2.75) is 27.7 Å². The molecule has 0 spiro atoms. The quantitative estimate of drug-likeness (QED) is 0.356. The Labute approximate surface area is 123 Å². The maximum atomic E-state index is 10.4. The first-order valence-corrected chi connectivity index (χ1v) is 5.41. The fourth-order valence-electron chi connectivity index (χ4n) is 0.709. The molecule has 7 heteroatoms. The van der Waals surface area contributed by atoms with Crippen LogP contribution < -0.4 is 0 Å². The summed E-state index contributed by atoms with van der Waals surface area (Å²) in [4.78, 5) is 20.8. The van der Waals surface area contributed by atoms with Gasteiger partial charge in [0.1, 0.15) is 0 Å². The first-order chi connectivity index (χ1) is 8.33. The molecular weight excluding hydrogens is 299 g/mol. The molecule has 0 rings (SSSR count). The van der Waals surface area contributed by atoms with Crippen LogP contribution in [-0.4, -0.2) is 35.4 Å². The van der Waals surface area contributed by atoms with Crippen molar-refractivity contribution in [1.29, 1.82) is 0 Å². The zero-order valence-electron chi connectivity index (χ0n) is 11.4. The Morgan fingerprint density at radius 1 is 0.895 bits per heavy atom. The molecule has 19 heavy (non-hydrogen) atoms. The molecule has 0 bridgehead atoms. The molecule has 114 valence electrons. The summed E-state index contributed by atoms with van der Waals surface area (Å²) >= 11 is 0. The number of aliphatic hydroxyl groups is 2. The van der Waals surface area contributed by atoms with E-state index < -0.39 is 11.9 Å². The second-order valence-corrected chi connectivity index (χ2v) is 3.08. The Hall–Kier alpha value is -1.49. The summed E-state index contributed by atoms with van der Waals surface area (Å²) in [7, 11) is 0. The molecule has 0 atom stereocenters. The maximum absolute atomic E-state index is 10.4. The second kappa shape index (κ2) is 14.6. The number of rotatable bonds is 4. The maximum Gasteiger partial charge on any atom is 0.334 e. The molecular formula is C12H20NiO6. The minimum absolute atomic E-state index is 0. The van der Waals surface area contributed by atoms with E-state index in [-0.39, 0.29) is 28.0 Å². The van der Waals surface area contributed by atoms with Crippen molar-refractivity contribution in [3.05, 3.63) is 23.7 Å². The third kappa shape index (κ3) is 22.2. The van der Waals surface area contributed by atoms with Gasteiger partial charge in [0.15, 0.2) is 0 Å². The summed E-state index contributed by atoms with van der Waals surface area (Å²) in [5.74, 6) is -1.07. The van der Waals surface area contributed by atoms with Crippen molar-refractivity contribution in [3.63, 3.8) is 0 Å². The van der Waals surface area contributed by atoms with Gasteiger partial charge in [0.2, 0.25) is 0 Å². The van der Waals surface area contributed by atoms with Crippen LogP contribution in [0.5, 0.6) is 0 Å². The smallest absolute Gasteiger partial charge is 0.334 e. The van der Waals surface area contributed by atoms with Crippen LogP contribution in [0, 0.1) is 0 Å². The molecule has 2 N–H and O–H groups in total. The number of ether oxygens (including phenoxy) is 2. The summed E-state index contributed by atoms with van der Waals surface area (Å²) in [5.41, 5.74) is 0. The average molecular weight is 319 g/mol. The fraction of sp³-hybridized carbons (Fsp3) is 0.500. The molecule has 0 unspecified atom stereocenters. The van der Waals surface area contributed by atoms with Gasteiger partial charge >= 0.3 is 11.9 Å². The number of esters is 2. The molecule has 6 nitrogen and oxygen atoms in total. The van der Waals surface area contributed by atoms with E-state index in [2.05, 4.69) is 9.47 Å². The van der Waals surface area contributed by atoms with Crippen LogP contribution in [-0.2, 0) is 35.6 Å². The number of carbonyl (C=O) groups excluding carboxylic acids is 2. The third-order valence-electron chi connectivity index (χ3n) is 1.23. The zero-order chi connectivity index (χ0) is 14.6. The standard InChI is InChI=1S/2C6H10O3.Ni/c2*1-3-9-6(8)4-5(2)7;/h2*4,7H,3H2,1-2H3;/b2*5-4-;. The SMILES string of the molecule is CCOC(=O)/C=C(/C)O.CCOC(=O)/C=C(/C)O.[Ni]. The summed E-state index contributed by atoms with van der Waals surface area (Å²) in [5, 5.41) is 17.0. The molecule has 0 aliphatic rings. The Kier molecular flexibility index (Phi) is 17.4. The van der Waals surface area contributed by atoms with Gasteiger partial charge in [0.05, 0.1) is 36.9 Å². The van der Waals surface area contributed by atoms with Crippen molar-refractivity contribution in [2.75, 3.05) is 13.2 Å². The van der Waals surface area contributed by atoms with Gasteiger partial charge < -0.3 is 19.7 Å². The topological polar surface area (TPSA) is 93.1 Å². The van der Waals surface area contributed by atoms with Gasteiger partial charge in [0.25, 0.3) is 0 Å². The number of carbonyl (C=O) groups is 2. The van der Waals surface area contributed by atoms with E-state index in [1.54, 1.807) is 13.8 Å². The molecule has 0 fully saturated rings. The monoisotopic (exact) mass is 318 g/mol. The third-order valence-corrected chi connectivity index (χ3v) is 1.23. The summed E-state index contributed by atoms with van der Waals surface area (Å²) in [6, 6.07) is 0. The summed E-state index contributed by atoms with van der Waals surface area (Å²) in [6.45, 7) is 6.91. The number of aliphatic hydroxyl groups excluding tert-OH is 2. The van der Waals surface area contributed by atoms with Crippen LogP contribution in [0.4, 0.5) is 0 Å². The molecule has 0 amide bonds. The van der Waals surface area contributed by atoms with Crippen molar-refractivity contribution >= 4 is 11.9 Å². The molecule has 0 aromatic heterocycles. The molecule has 0 aromatic rings. The van der Waals surface area contributed by atoms with Crippen LogP contribution in [0.1, 0.15) is 27.7 Å². The predicted molar refractivity (Wildman–Crippen MR) is 66.0 cm³/mol. The predicted octanol–water partition coefficient (Wildman–Crippen LogP) is 2.02. The Bertz CT molecular complexity index is 282. The van der Waals surface area contributed by atoms with Crippen LogP contribution in [0.3, 0.4) is 0 Å². The molecule has 0 aliphatic heterocycles. The molecule has 0 aliphatic carbocycles. The van der Waals surface area contributed by atoms with Crippen LogP contribution in [0.15, 0.2) is 23.7 Å². The average Bonchev–Trinajstić information content (AvgIpc) is 2.16. The number of hydrogen-bond donors (Lipinski definition) is 2. The zero-order valence-corrected chi connectivity index (χ0v) is 12.4. The van der Waals surface area contributed by atoms with E-state index >= 15 is 0 Å². The molecule has 0 saturated carbocycles. The van der Waals surface area contributed by atoms with Crippen molar-refractivity contribution in [2.24, 2.45) is 0 Å². The molecule has 0 aromatic carbocycles. The Balaban J connectivity index is -0.000000256. The second-order valence-electron chi connectivity index (χ2n) is 3.08. The minimum atomic E-state index is -0.502. The van der Waals surface area contributed by atoms with Gasteiger partial charge in [0, 0.05) is 16.5 Å². The largest absolute Gasteiger partial charge is 0.512 e. The molecule has 0 radical (unpaired) electrons. The molecule has 0 saturated heterocycles. The van der Waals surface area contributed by atoms with Crippen LogP contribution >= 0.6 is 0 Å². The van der Waals surface area contributed by atoms with Gasteiger partial charge in [-0.2, -0.15) is 0 Å². The van der Waals surface area contributed by atoms with E-state index in [1.807, 2.05) is 0 Å². The molecule has 0 heterocycles. The van der Waals surface area contributed by atoms with E-state index in [0.29, 0.717) is 13.2 Å². The fourth-order valence-corrected chi connectivity index (χ4v) is 0.709. The van der Waals surface area contributed by atoms with Gasteiger partial charge in [-0.05, 0) is 27.7 Å². The normalized spacial score (nSPS) is 10.5. The van der Waals surface area contributed by atoms with Gasteiger partial charge in [-0.25, -0.2) is 9.59 Å². The van der Waals surface area contributed by atoms with E-state index in [4.69, 9.17) is 10.2 Å². The Morgan fingerprint density at radius 3 is 1.32 bits per heavy atom. The van der Waals surface area contributed by atoms with Crippen molar-refractivity contribution in [1.82, 2.24) is 0 Å². The van der Waals surface area contributed by atoms with Crippen molar-refractivity contribution < 1.29 is 45.8 Å². The van der Waals surface area contributed by atoms with Gasteiger partial charge in [-0.3, -0.25) is 0 Å². The first kappa shape index (κ1) is 22.7. The first-order valence-electron chi connectivity index (χ1n) is 5.41. The summed E-state index contributed by atoms with van der Waals surface area (Å²) in [6.07, 6.45) is 2.06. The number of allylic oxidation sites excluding steroid dienone is 2. The van der Waals surface area contributed by atoms with Crippen LogP contribution in [0.25, 0.3) is 0 Å². The number of hydrogen-bond acceptors (Lipinski definition) is 6. The van der Waals surface area contributed by atoms with Gasteiger partial charge in [-0.1, -0.05) is 0 Å². The van der Waals surface area contributed by atoms with E-state index in [9.17, 15) is 9.59 Å².